The van der Waals surface area contributed by atoms with E-state index in [1.54, 1.807) is 14.2 Å². The van der Waals surface area contributed by atoms with Gasteiger partial charge in [-0.15, -0.1) is 0 Å². The van der Waals surface area contributed by atoms with E-state index in [-0.39, 0.29) is 5.91 Å². The van der Waals surface area contributed by atoms with Gasteiger partial charge in [0.15, 0.2) is 11.5 Å². The van der Waals surface area contributed by atoms with Gasteiger partial charge in [0.25, 0.3) is 0 Å². The number of amides is 1. The first kappa shape index (κ1) is 17.8. The molecule has 0 atom stereocenters. The summed E-state index contributed by atoms with van der Waals surface area (Å²) < 4.78 is 10.7. The zero-order valence-corrected chi connectivity index (χ0v) is 15.3. The minimum Gasteiger partial charge on any atom is -0.493 e. The maximum absolute atomic E-state index is 11.6. The van der Waals surface area contributed by atoms with E-state index in [0.717, 1.165) is 41.2 Å². The van der Waals surface area contributed by atoms with Gasteiger partial charge in [0, 0.05) is 12.6 Å². The summed E-state index contributed by atoms with van der Waals surface area (Å²) in [5.41, 5.74) is 3.18. The molecule has 1 amide bonds. The molecule has 0 radical (unpaired) electrons. The van der Waals surface area contributed by atoms with E-state index in [1.807, 2.05) is 42.5 Å². The number of fused-ring (bicyclic) bond motifs is 1. The summed E-state index contributed by atoms with van der Waals surface area (Å²) in [7, 11) is 3.27. The first-order valence-electron chi connectivity index (χ1n) is 8.61. The van der Waals surface area contributed by atoms with Gasteiger partial charge in [-0.3, -0.25) is 4.79 Å². The predicted molar refractivity (Wildman–Crippen MR) is 105 cm³/mol. The molecule has 1 N–H and O–H groups in total. The summed E-state index contributed by atoms with van der Waals surface area (Å²) in [6.45, 7) is 1.54. The first-order chi connectivity index (χ1) is 12.6. The lowest BCUT2D eigenvalue weighted by Crippen LogP contribution is -2.09. The number of anilines is 1. The lowest BCUT2D eigenvalue weighted by atomic mass is 9.96. The van der Waals surface area contributed by atoms with Crippen molar-refractivity contribution in [1.29, 1.82) is 0 Å². The highest BCUT2D eigenvalue weighted by molar-refractivity contribution is 5.96. The summed E-state index contributed by atoms with van der Waals surface area (Å²) in [4.78, 5) is 11.6. The number of methoxy groups -OCH3 is 2. The van der Waals surface area contributed by atoms with Crippen LogP contribution in [0.5, 0.6) is 11.5 Å². The lowest BCUT2D eigenvalue weighted by molar-refractivity contribution is -0.114. The molecule has 0 aromatic heterocycles. The van der Waals surface area contributed by atoms with Crippen molar-refractivity contribution >= 4 is 22.4 Å². The van der Waals surface area contributed by atoms with Gasteiger partial charge >= 0.3 is 0 Å². The van der Waals surface area contributed by atoms with Crippen molar-refractivity contribution in [2.45, 2.75) is 19.8 Å². The van der Waals surface area contributed by atoms with Gasteiger partial charge in [-0.1, -0.05) is 36.4 Å². The minimum absolute atomic E-state index is 0.0624. The third-order valence-electron chi connectivity index (χ3n) is 4.46. The molecule has 0 saturated heterocycles. The Morgan fingerprint density at radius 2 is 1.69 bits per heavy atom. The largest absolute Gasteiger partial charge is 0.493 e. The standard InChI is InChI=1S/C22H23NO3/c1-15(24)23-20-12-10-17-6-4-5-7-18(17)19(20)11-8-16-9-13-21(25-2)22(14-16)26-3/h4-7,9-10,12-14H,8,11H2,1-3H3,(H,23,24). The number of benzene rings is 3. The van der Waals surface area contributed by atoms with Gasteiger partial charge in [-0.2, -0.15) is 0 Å². The summed E-state index contributed by atoms with van der Waals surface area (Å²) >= 11 is 0. The molecule has 3 aromatic rings. The van der Waals surface area contributed by atoms with E-state index in [2.05, 4.69) is 17.4 Å². The molecule has 0 bridgehead atoms. The number of hydrogen-bond donors (Lipinski definition) is 1. The van der Waals surface area contributed by atoms with Crippen LogP contribution in [0.15, 0.2) is 54.6 Å². The quantitative estimate of drug-likeness (QED) is 0.707. The molecule has 0 fully saturated rings. The molecule has 4 heteroatoms. The SMILES string of the molecule is COc1ccc(CCc2c(NC(C)=O)ccc3ccccc23)cc1OC. The second-order valence-electron chi connectivity index (χ2n) is 6.18. The number of aryl methyl sites for hydroxylation is 2. The highest BCUT2D eigenvalue weighted by Crippen LogP contribution is 2.30. The van der Waals surface area contributed by atoms with Crippen LogP contribution >= 0.6 is 0 Å². The van der Waals surface area contributed by atoms with Crippen molar-refractivity contribution < 1.29 is 14.3 Å². The second-order valence-corrected chi connectivity index (χ2v) is 6.18. The summed E-state index contributed by atoms with van der Waals surface area (Å²) in [5.74, 6) is 1.39. The number of hydrogen-bond acceptors (Lipinski definition) is 3. The van der Waals surface area contributed by atoms with Crippen LogP contribution in [0.1, 0.15) is 18.1 Å². The minimum atomic E-state index is -0.0624. The fraction of sp³-hybridized carbons (Fsp3) is 0.227. The van der Waals surface area contributed by atoms with Gasteiger partial charge < -0.3 is 14.8 Å². The van der Waals surface area contributed by atoms with Crippen molar-refractivity contribution in [2.24, 2.45) is 0 Å². The predicted octanol–water partition coefficient (Wildman–Crippen LogP) is 4.60. The zero-order chi connectivity index (χ0) is 18.5. The molecule has 0 spiro atoms. The molecule has 134 valence electrons. The molecule has 0 aliphatic rings. The molecule has 4 nitrogen and oxygen atoms in total. The average Bonchev–Trinajstić information content (AvgIpc) is 2.66. The fourth-order valence-corrected chi connectivity index (χ4v) is 3.22. The molecule has 26 heavy (non-hydrogen) atoms. The van der Waals surface area contributed by atoms with Crippen LogP contribution < -0.4 is 14.8 Å². The van der Waals surface area contributed by atoms with Crippen molar-refractivity contribution in [3.8, 4) is 11.5 Å². The van der Waals surface area contributed by atoms with Gasteiger partial charge in [0.05, 0.1) is 14.2 Å². The Morgan fingerprint density at radius 1 is 0.923 bits per heavy atom. The molecular weight excluding hydrogens is 326 g/mol. The smallest absolute Gasteiger partial charge is 0.221 e. The fourth-order valence-electron chi connectivity index (χ4n) is 3.22. The van der Waals surface area contributed by atoms with Crippen LogP contribution in [-0.2, 0) is 17.6 Å². The Kier molecular flexibility index (Phi) is 5.42. The van der Waals surface area contributed by atoms with Crippen LogP contribution in [0, 0.1) is 0 Å². The first-order valence-corrected chi connectivity index (χ1v) is 8.61. The highest BCUT2D eigenvalue weighted by atomic mass is 16.5. The Morgan fingerprint density at radius 3 is 2.42 bits per heavy atom. The number of carbonyl (C=O) groups excluding carboxylic acids is 1. The Bertz CT molecular complexity index is 934. The maximum Gasteiger partial charge on any atom is 0.221 e. The Hall–Kier alpha value is -3.01. The number of carbonyl (C=O) groups is 1. The van der Waals surface area contributed by atoms with Crippen molar-refractivity contribution in [3.05, 3.63) is 65.7 Å². The van der Waals surface area contributed by atoms with Gasteiger partial charge in [0.1, 0.15) is 0 Å². The van der Waals surface area contributed by atoms with Crippen LogP contribution in [0.2, 0.25) is 0 Å². The van der Waals surface area contributed by atoms with E-state index in [0.29, 0.717) is 0 Å². The number of rotatable bonds is 6. The van der Waals surface area contributed by atoms with Crippen LogP contribution in [-0.4, -0.2) is 20.1 Å². The van der Waals surface area contributed by atoms with Crippen LogP contribution in [0.3, 0.4) is 0 Å². The lowest BCUT2D eigenvalue weighted by Gasteiger charge is -2.14. The summed E-state index contributed by atoms with van der Waals surface area (Å²) in [5, 5.41) is 5.30. The van der Waals surface area contributed by atoms with Crippen molar-refractivity contribution in [2.75, 3.05) is 19.5 Å². The average molecular weight is 349 g/mol. The van der Waals surface area contributed by atoms with Crippen molar-refractivity contribution in [3.63, 3.8) is 0 Å². The molecule has 0 aliphatic heterocycles. The van der Waals surface area contributed by atoms with Gasteiger partial charge in [0.2, 0.25) is 5.91 Å². The molecule has 3 aromatic carbocycles. The number of ether oxygens (including phenoxy) is 2. The molecule has 0 saturated carbocycles. The van der Waals surface area contributed by atoms with E-state index in [1.165, 1.54) is 17.7 Å². The molecule has 0 unspecified atom stereocenters. The second kappa shape index (κ2) is 7.91. The zero-order valence-electron chi connectivity index (χ0n) is 15.3. The van der Waals surface area contributed by atoms with E-state index < -0.39 is 0 Å². The molecule has 3 rings (SSSR count). The maximum atomic E-state index is 11.6. The van der Waals surface area contributed by atoms with Crippen LogP contribution in [0.25, 0.3) is 10.8 Å². The van der Waals surface area contributed by atoms with E-state index in [4.69, 9.17) is 9.47 Å². The Labute approximate surface area is 153 Å². The molecule has 0 heterocycles. The van der Waals surface area contributed by atoms with Gasteiger partial charge in [-0.25, -0.2) is 0 Å². The van der Waals surface area contributed by atoms with Crippen LogP contribution in [0.4, 0.5) is 5.69 Å². The number of nitrogens with one attached hydrogen (secondary N) is 1. The van der Waals surface area contributed by atoms with Crippen molar-refractivity contribution in [1.82, 2.24) is 0 Å². The molecule has 0 aliphatic carbocycles. The monoisotopic (exact) mass is 349 g/mol. The molecular formula is C22H23NO3. The van der Waals surface area contributed by atoms with Gasteiger partial charge in [-0.05, 0) is 52.9 Å². The summed E-state index contributed by atoms with van der Waals surface area (Å²) in [6.07, 6.45) is 1.65. The Balaban J connectivity index is 1.93. The topological polar surface area (TPSA) is 47.6 Å². The van der Waals surface area contributed by atoms with E-state index >= 15 is 0 Å². The third kappa shape index (κ3) is 3.80. The van der Waals surface area contributed by atoms with E-state index in [9.17, 15) is 4.79 Å². The highest BCUT2D eigenvalue weighted by Gasteiger charge is 2.10. The third-order valence-corrected chi connectivity index (χ3v) is 4.46. The normalized spacial score (nSPS) is 10.6. The summed E-state index contributed by atoms with van der Waals surface area (Å²) in [6, 6.07) is 18.2.